The standard InChI is InChI=1S/C18H14ClN5O/c1-25-16-7-6-14(10-21-16)22-17-18-20-8-9-24(18)11-15(23-17)12-2-4-13(19)5-3-12/h2-11H,1H3,(H,22,23). The van der Waals surface area contributed by atoms with Crippen molar-refractivity contribution in [1.82, 2.24) is 19.4 Å². The molecule has 0 aliphatic heterocycles. The SMILES string of the molecule is COc1ccc(Nc2nc(-c3ccc(Cl)cc3)cn3ccnc23)cn1. The Morgan fingerprint density at radius 2 is 1.92 bits per heavy atom. The van der Waals surface area contributed by atoms with E-state index in [1.54, 1.807) is 25.6 Å². The molecule has 3 heterocycles. The van der Waals surface area contributed by atoms with E-state index in [1.807, 2.05) is 47.1 Å². The lowest BCUT2D eigenvalue weighted by molar-refractivity contribution is 0.398. The Balaban J connectivity index is 1.76. The predicted octanol–water partition coefficient (Wildman–Crippen LogP) is 4.20. The number of nitrogens with zero attached hydrogens (tertiary/aromatic N) is 4. The van der Waals surface area contributed by atoms with E-state index in [1.165, 1.54) is 0 Å². The topological polar surface area (TPSA) is 64.3 Å². The molecule has 0 aliphatic carbocycles. The summed E-state index contributed by atoms with van der Waals surface area (Å²) in [6.45, 7) is 0. The van der Waals surface area contributed by atoms with Crippen molar-refractivity contribution in [1.29, 1.82) is 0 Å². The lowest BCUT2D eigenvalue weighted by Crippen LogP contribution is -2.01. The molecule has 0 saturated carbocycles. The van der Waals surface area contributed by atoms with Gasteiger partial charge in [0.2, 0.25) is 5.88 Å². The summed E-state index contributed by atoms with van der Waals surface area (Å²) in [4.78, 5) is 13.3. The maximum atomic E-state index is 5.97. The fraction of sp³-hybridized carbons (Fsp3) is 0.0556. The number of hydrogen-bond acceptors (Lipinski definition) is 5. The first-order chi connectivity index (χ1) is 12.2. The first-order valence-electron chi connectivity index (χ1n) is 7.59. The molecule has 0 fully saturated rings. The van der Waals surface area contributed by atoms with E-state index in [2.05, 4.69) is 15.3 Å². The van der Waals surface area contributed by atoms with Crippen LogP contribution < -0.4 is 10.1 Å². The molecule has 0 atom stereocenters. The van der Waals surface area contributed by atoms with Gasteiger partial charge in [0.1, 0.15) is 0 Å². The highest BCUT2D eigenvalue weighted by atomic mass is 35.5. The third kappa shape index (κ3) is 3.12. The summed E-state index contributed by atoms with van der Waals surface area (Å²) in [5.74, 6) is 1.20. The second kappa shape index (κ2) is 6.41. The van der Waals surface area contributed by atoms with E-state index in [4.69, 9.17) is 21.3 Å². The molecule has 6 nitrogen and oxygen atoms in total. The lowest BCUT2D eigenvalue weighted by atomic mass is 10.1. The van der Waals surface area contributed by atoms with Gasteiger partial charge in [-0.1, -0.05) is 23.7 Å². The van der Waals surface area contributed by atoms with Gasteiger partial charge < -0.3 is 14.5 Å². The molecule has 1 aromatic carbocycles. The van der Waals surface area contributed by atoms with Crippen LogP contribution in [0, 0.1) is 0 Å². The second-order valence-corrected chi connectivity index (χ2v) is 5.79. The molecular weight excluding hydrogens is 338 g/mol. The van der Waals surface area contributed by atoms with Gasteiger partial charge in [-0.25, -0.2) is 15.0 Å². The number of hydrogen-bond donors (Lipinski definition) is 1. The van der Waals surface area contributed by atoms with Crippen LogP contribution in [0.15, 0.2) is 61.2 Å². The number of anilines is 2. The molecule has 0 saturated heterocycles. The minimum atomic E-state index is 0.555. The summed E-state index contributed by atoms with van der Waals surface area (Å²) in [6.07, 6.45) is 7.24. The molecule has 124 valence electrons. The zero-order valence-corrected chi connectivity index (χ0v) is 14.1. The molecule has 0 aliphatic rings. The first-order valence-corrected chi connectivity index (χ1v) is 7.97. The Hall–Kier alpha value is -3.12. The number of methoxy groups -OCH3 is 1. The number of pyridine rings is 1. The Morgan fingerprint density at radius 3 is 2.64 bits per heavy atom. The Bertz CT molecular complexity index is 1010. The fourth-order valence-electron chi connectivity index (χ4n) is 2.49. The minimum Gasteiger partial charge on any atom is -0.481 e. The smallest absolute Gasteiger partial charge is 0.213 e. The monoisotopic (exact) mass is 351 g/mol. The Labute approximate surface area is 149 Å². The van der Waals surface area contributed by atoms with Crippen molar-refractivity contribution in [2.24, 2.45) is 0 Å². The van der Waals surface area contributed by atoms with Gasteiger partial charge in [0.05, 0.1) is 24.7 Å². The van der Waals surface area contributed by atoms with Crippen molar-refractivity contribution in [3.8, 4) is 17.1 Å². The quantitative estimate of drug-likeness (QED) is 0.597. The van der Waals surface area contributed by atoms with Crippen LogP contribution in [0.3, 0.4) is 0 Å². The first kappa shape index (κ1) is 15.4. The Morgan fingerprint density at radius 1 is 1.08 bits per heavy atom. The van der Waals surface area contributed by atoms with Gasteiger partial charge in [-0.2, -0.15) is 0 Å². The van der Waals surface area contributed by atoms with Gasteiger partial charge in [-0.15, -0.1) is 0 Å². The lowest BCUT2D eigenvalue weighted by Gasteiger charge is -2.10. The highest BCUT2D eigenvalue weighted by molar-refractivity contribution is 6.30. The van der Waals surface area contributed by atoms with Gasteiger partial charge in [-0.05, 0) is 18.2 Å². The van der Waals surface area contributed by atoms with E-state index in [9.17, 15) is 0 Å². The number of ether oxygens (including phenoxy) is 1. The zero-order valence-electron chi connectivity index (χ0n) is 13.3. The van der Waals surface area contributed by atoms with Crippen LogP contribution in [0.1, 0.15) is 0 Å². The highest BCUT2D eigenvalue weighted by Crippen LogP contribution is 2.25. The zero-order chi connectivity index (χ0) is 17.2. The average molecular weight is 352 g/mol. The summed E-state index contributed by atoms with van der Waals surface area (Å²) in [5.41, 5.74) is 3.31. The summed E-state index contributed by atoms with van der Waals surface area (Å²) in [5, 5.41) is 3.96. The van der Waals surface area contributed by atoms with Crippen molar-refractivity contribution < 1.29 is 4.74 Å². The van der Waals surface area contributed by atoms with Gasteiger partial charge >= 0.3 is 0 Å². The number of aromatic nitrogens is 4. The molecule has 0 unspecified atom stereocenters. The van der Waals surface area contributed by atoms with Crippen LogP contribution in [0.2, 0.25) is 5.02 Å². The van der Waals surface area contributed by atoms with Gasteiger partial charge in [-0.3, -0.25) is 0 Å². The third-order valence-electron chi connectivity index (χ3n) is 3.72. The number of benzene rings is 1. The minimum absolute atomic E-state index is 0.555. The number of halogens is 1. The van der Waals surface area contributed by atoms with Crippen molar-refractivity contribution in [2.75, 3.05) is 12.4 Å². The van der Waals surface area contributed by atoms with E-state index in [0.29, 0.717) is 16.7 Å². The summed E-state index contributed by atoms with van der Waals surface area (Å²) < 4.78 is 7.01. The average Bonchev–Trinajstić information content (AvgIpc) is 3.12. The molecule has 0 bridgehead atoms. The van der Waals surface area contributed by atoms with E-state index < -0.39 is 0 Å². The third-order valence-corrected chi connectivity index (χ3v) is 3.97. The molecule has 1 N–H and O–H groups in total. The molecule has 4 rings (SSSR count). The second-order valence-electron chi connectivity index (χ2n) is 5.35. The summed E-state index contributed by atoms with van der Waals surface area (Å²) in [6, 6.07) is 11.2. The number of nitrogens with one attached hydrogen (secondary N) is 1. The van der Waals surface area contributed by atoms with Gasteiger partial charge in [0, 0.05) is 35.2 Å². The summed E-state index contributed by atoms with van der Waals surface area (Å²) in [7, 11) is 1.58. The molecule has 7 heteroatoms. The largest absolute Gasteiger partial charge is 0.481 e. The van der Waals surface area contributed by atoms with E-state index in [-0.39, 0.29) is 0 Å². The Kier molecular flexibility index (Phi) is 3.95. The number of rotatable bonds is 4. The molecule has 3 aromatic heterocycles. The maximum Gasteiger partial charge on any atom is 0.213 e. The molecular formula is C18H14ClN5O. The van der Waals surface area contributed by atoms with Crippen molar-refractivity contribution >= 4 is 28.8 Å². The molecule has 0 spiro atoms. The number of imidazole rings is 1. The van der Waals surface area contributed by atoms with Crippen LogP contribution in [-0.4, -0.2) is 26.5 Å². The molecule has 0 radical (unpaired) electrons. The van der Waals surface area contributed by atoms with Crippen molar-refractivity contribution in [3.63, 3.8) is 0 Å². The van der Waals surface area contributed by atoms with Crippen LogP contribution in [0.25, 0.3) is 16.9 Å². The van der Waals surface area contributed by atoms with E-state index in [0.717, 1.165) is 22.6 Å². The van der Waals surface area contributed by atoms with Gasteiger partial charge in [0.15, 0.2) is 11.5 Å². The van der Waals surface area contributed by atoms with Crippen LogP contribution in [-0.2, 0) is 0 Å². The van der Waals surface area contributed by atoms with Crippen LogP contribution >= 0.6 is 11.6 Å². The number of fused-ring (bicyclic) bond motifs is 1. The maximum absolute atomic E-state index is 5.97. The van der Waals surface area contributed by atoms with Crippen LogP contribution in [0.4, 0.5) is 11.5 Å². The molecule has 4 aromatic rings. The van der Waals surface area contributed by atoms with E-state index >= 15 is 0 Å². The van der Waals surface area contributed by atoms with Crippen molar-refractivity contribution in [2.45, 2.75) is 0 Å². The summed E-state index contributed by atoms with van der Waals surface area (Å²) >= 11 is 5.97. The van der Waals surface area contributed by atoms with Crippen LogP contribution in [0.5, 0.6) is 5.88 Å². The fourth-order valence-corrected chi connectivity index (χ4v) is 2.61. The molecule has 25 heavy (non-hydrogen) atoms. The normalized spacial score (nSPS) is 10.8. The molecule has 0 amide bonds. The predicted molar refractivity (Wildman–Crippen MR) is 97.5 cm³/mol. The highest BCUT2D eigenvalue weighted by Gasteiger charge is 2.10. The van der Waals surface area contributed by atoms with Gasteiger partial charge in [0.25, 0.3) is 0 Å². The van der Waals surface area contributed by atoms with Crippen molar-refractivity contribution in [3.05, 3.63) is 66.2 Å².